The number of aromatic carboxylic acids is 1. The van der Waals surface area contributed by atoms with Crippen LogP contribution in [-0.4, -0.2) is 27.1 Å². The fourth-order valence-corrected chi connectivity index (χ4v) is 1.75. The van der Waals surface area contributed by atoms with Gasteiger partial charge in [0, 0.05) is 0 Å². The van der Waals surface area contributed by atoms with Crippen molar-refractivity contribution >= 4 is 18.0 Å². The minimum atomic E-state index is -1.38. The van der Waals surface area contributed by atoms with Gasteiger partial charge < -0.3 is 9.84 Å². The Morgan fingerprint density at radius 2 is 2.00 bits per heavy atom. The van der Waals surface area contributed by atoms with Gasteiger partial charge in [-0.25, -0.2) is 14.6 Å². The summed E-state index contributed by atoms with van der Waals surface area (Å²) in [6.07, 6.45) is -0.811. The summed E-state index contributed by atoms with van der Waals surface area (Å²) < 4.78 is 4.96. The number of nitrogens with zero attached hydrogens (tertiary/aromatic N) is 1. The van der Waals surface area contributed by atoms with Crippen molar-refractivity contribution in [1.29, 1.82) is 0 Å². The molecule has 0 unspecified atom stereocenters. The molecule has 22 heavy (non-hydrogen) atoms. The van der Waals surface area contributed by atoms with Crippen LogP contribution in [0, 0.1) is 6.92 Å². The maximum atomic E-state index is 11.6. The number of carboxylic acid groups (broad SMARTS) is 1. The lowest BCUT2D eigenvalue weighted by molar-refractivity contribution is 0.0693. The van der Waals surface area contributed by atoms with Crippen LogP contribution >= 0.6 is 0 Å². The number of hydrogen-bond donors (Lipinski definition) is 3. The van der Waals surface area contributed by atoms with Gasteiger partial charge in [-0.15, -0.1) is 0 Å². The number of hydrogen-bond acceptors (Lipinski definition) is 5. The van der Waals surface area contributed by atoms with E-state index in [0.29, 0.717) is 0 Å². The van der Waals surface area contributed by atoms with Gasteiger partial charge in [-0.1, -0.05) is 30.3 Å². The molecule has 114 valence electrons. The van der Waals surface area contributed by atoms with E-state index >= 15 is 0 Å². The number of anilines is 1. The van der Waals surface area contributed by atoms with Crippen LogP contribution in [-0.2, 0) is 11.3 Å². The van der Waals surface area contributed by atoms with Crippen LogP contribution in [0.4, 0.5) is 10.7 Å². The highest BCUT2D eigenvalue weighted by molar-refractivity contribution is 5.89. The standard InChI is InChI=1S/C14H13N3O5/c1-8-10(12(19)20)11(18)16-13(15-8)17-14(21)22-7-9-5-3-2-4-6-9/h2-6H,7H2,1H3,(H,19,20)(H2,15,16,17,18,21). The second-order valence-electron chi connectivity index (χ2n) is 4.37. The van der Waals surface area contributed by atoms with Crippen molar-refractivity contribution in [2.45, 2.75) is 13.5 Å². The molecule has 0 fully saturated rings. The van der Waals surface area contributed by atoms with E-state index in [0.717, 1.165) is 5.56 Å². The highest BCUT2D eigenvalue weighted by Crippen LogP contribution is 2.05. The van der Waals surface area contributed by atoms with E-state index in [4.69, 9.17) is 9.84 Å². The number of carboxylic acids is 1. The second-order valence-corrected chi connectivity index (χ2v) is 4.37. The minimum absolute atomic E-state index is 0.00499. The third kappa shape index (κ3) is 3.69. The average molecular weight is 303 g/mol. The fraction of sp³-hybridized carbons (Fsp3) is 0.143. The summed E-state index contributed by atoms with van der Waals surface area (Å²) in [5, 5.41) is 11.1. The fourth-order valence-electron chi connectivity index (χ4n) is 1.75. The normalized spacial score (nSPS) is 10.0. The number of rotatable bonds is 4. The molecule has 1 amide bonds. The van der Waals surface area contributed by atoms with Gasteiger partial charge in [0.25, 0.3) is 5.56 Å². The molecule has 8 heteroatoms. The number of ether oxygens (including phenoxy) is 1. The van der Waals surface area contributed by atoms with Crippen LogP contribution in [0.25, 0.3) is 0 Å². The molecule has 0 atom stereocenters. The Morgan fingerprint density at radius 3 is 2.59 bits per heavy atom. The van der Waals surface area contributed by atoms with Gasteiger partial charge in [-0.3, -0.25) is 15.1 Å². The Bertz CT molecular complexity index is 755. The number of aryl methyl sites for hydroxylation is 1. The molecule has 1 aromatic heterocycles. The maximum absolute atomic E-state index is 11.6. The molecule has 0 aliphatic rings. The summed E-state index contributed by atoms with van der Waals surface area (Å²) in [7, 11) is 0. The number of amides is 1. The zero-order valence-electron chi connectivity index (χ0n) is 11.6. The Kier molecular flexibility index (Phi) is 4.52. The lowest BCUT2D eigenvalue weighted by Crippen LogP contribution is -2.24. The largest absolute Gasteiger partial charge is 0.477 e. The third-order valence-corrected chi connectivity index (χ3v) is 2.75. The maximum Gasteiger partial charge on any atom is 0.414 e. The molecule has 1 heterocycles. The Labute approximate surface area is 124 Å². The topological polar surface area (TPSA) is 121 Å². The molecule has 0 aliphatic carbocycles. The number of carbonyl (C=O) groups excluding carboxylic acids is 1. The molecule has 0 radical (unpaired) electrons. The van der Waals surface area contributed by atoms with Crippen molar-refractivity contribution in [2.75, 3.05) is 5.32 Å². The highest BCUT2D eigenvalue weighted by Gasteiger charge is 2.16. The van der Waals surface area contributed by atoms with Crippen LogP contribution in [0.1, 0.15) is 21.6 Å². The first-order valence-electron chi connectivity index (χ1n) is 6.29. The lowest BCUT2D eigenvalue weighted by atomic mass is 10.2. The predicted octanol–water partition coefficient (Wildman–Crippen LogP) is 1.53. The number of aromatic nitrogens is 2. The van der Waals surface area contributed by atoms with Crippen LogP contribution in [0.15, 0.2) is 35.1 Å². The molecule has 8 nitrogen and oxygen atoms in total. The summed E-state index contributed by atoms with van der Waals surface area (Å²) in [6.45, 7) is 1.42. The Balaban J connectivity index is 2.03. The second kappa shape index (κ2) is 6.53. The molecule has 1 aromatic carbocycles. The van der Waals surface area contributed by atoms with Gasteiger partial charge in [-0.05, 0) is 12.5 Å². The van der Waals surface area contributed by atoms with Crippen molar-refractivity contribution in [3.05, 3.63) is 57.5 Å². The number of benzene rings is 1. The Morgan fingerprint density at radius 1 is 1.32 bits per heavy atom. The van der Waals surface area contributed by atoms with Gasteiger partial charge in [-0.2, -0.15) is 0 Å². The van der Waals surface area contributed by atoms with Crippen molar-refractivity contribution in [2.24, 2.45) is 0 Å². The van der Waals surface area contributed by atoms with E-state index in [1.807, 2.05) is 18.2 Å². The van der Waals surface area contributed by atoms with E-state index < -0.39 is 23.2 Å². The first-order chi connectivity index (χ1) is 10.5. The molecule has 0 bridgehead atoms. The quantitative estimate of drug-likeness (QED) is 0.787. The Hall–Kier alpha value is -3.16. The van der Waals surface area contributed by atoms with Crippen LogP contribution in [0.3, 0.4) is 0 Å². The summed E-state index contributed by atoms with van der Waals surface area (Å²) in [5.74, 6) is -1.56. The van der Waals surface area contributed by atoms with E-state index in [2.05, 4.69) is 15.3 Å². The zero-order valence-corrected chi connectivity index (χ0v) is 11.6. The predicted molar refractivity (Wildman–Crippen MR) is 76.8 cm³/mol. The van der Waals surface area contributed by atoms with E-state index in [-0.39, 0.29) is 18.2 Å². The molecule has 0 aliphatic heterocycles. The highest BCUT2D eigenvalue weighted by atomic mass is 16.5. The molecule has 2 rings (SSSR count). The molecular weight excluding hydrogens is 290 g/mol. The monoisotopic (exact) mass is 303 g/mol. The lowest BCUT2D eigenvalue weighted by Gasteiger charge is -2.07. The summed E-state index contributed by atoms with van der Waals surface area (Å²) in [5.41, 5.74) is -0.521. The molecule has 3 N–H and O–H groups in total. The average Bonchev–Trinajstić information content (AvgIpc) is 2.45. The van der Waals surface area contributed by atoms with Crippen molar-refractivity contribution < 1.29 is 19.4 Å². The van der Waals surface area contributed by atoms with Crippen LogP contribution in [0.2, 0.25) is 0 Å². The molecular formula is C14H13N3O5. The summed E-state index contributed by atoms with van der Waals surface area (Å²) >= 11 is 0. The zero-order chi connectivity index (χ0) is 16.1. The smallest absolute Gasteiger partial charge is 0.414 e. The molecule has 2 aromatic rings. The number of nitrogens with one attached hydrogen (secondary N) is 2. The van der Waals surface area contributed by atoms with Gasteiger partial charge in [0.05, 0.1) is 5.69 Å². The third-order valence-electron chi connectivity index (χ3n) is 2.75. The first kappa shape index (κ1) is 15.2. The van der Waals surface area contributed by atoms with Crippen LogP contribution < -0.4 is 10.9 Å². The summed E-state index contributed by atoms with van der Waals surface area (Å²) in [4.78, 5) is 40.0. The van der Waals surface area contributed by atoms with E-state index in [1.165, 1.54) is 6.92 Å². The van der Waals surface area contributed by atoms with Gasteiger partial charge in [0.15, 0.2) is 0 Å². The molecule has 0 spiro atoms. The van der Waals surface area contributed by atoms with E-state index in [1.54, 1.807) is 12.1 Å². The van der Waals surface area contributed by atoms with Gasteiger partial charge in [0.1, 0.15) is 12.2 Å². The number of carbonyl (C=O) groups is 2. The van der Waals surface area contributed by atoms with Gasteiger partial charge >= 0.3 is 12.1 Å². The first-order valence-corrected chi connectivity index (χ1v) is 6.29. The SMILES string of the molecule is Cc1nc(NC(=O)OCc2ccccc2)[nH]c(=O)c1C(=O)O. The van der Waals surface area contributed by atoms with Crippen molar-refractivity contribution in [3.8, 4) is 0 Å². The van der Waals surface area contributed by atoms with Crippen LogP contribution in [0.5, 0.6) is 0 Å². The number of H-pyrrole nitrogens is 1. The molecule has 0 saturated heterocycles. The number of aromatic amines is 1. The molecule has 0 saturated carbocycles. The summed E-state index contributed by atoms with van der Waals surface area (Å²) in [6, 6.07) is 9.04. The van der Waals surface area contributed by atoms with Gasteiger partial charge in [0.2, 0.25) is 5.95 Å². The van der Waals surface area contributed by atoms with E-state index in [9.17, 15) is 14.4 Å². The minimum Gasteiger partial charge on any atom is -0.477 e. The van der Waals surface area contributed by atoms with Crippen molar-refractivity contribution in [3.63, 3.8) is 0 Å². The van der Waals surface area contributed by atoms with Crippen molar-refractivity contribution in [1.82, 2.24) is 9.97 Å².